The topological polar surface area (TPSA) is 46.4 Å². The van der Waals surface area contributed by atoms with E-state index in [0.29, 0.717) is 5.65 Å². The van der Waals surface area contributed by atoms with Gasteiger partial charge in [0.1, 0.15) is 5.65 Å². The van der Waals surface area contributed by atoms with E-state index in [2.05, 4.69) is 10.3 Å². The van der Waals surface area contributed by atoms with Gasteiger partial charge in [-0.2, -0.15) is 13.2 Å². The van der Waals surface area contributed by atoms with Crippen LogP contribution in [0.5, 0.6) is 0 Å². The summed E-state index contributed by atoms with van der Waals surface area (Å²) in [5, 5.41) is 2.30. The number of pyridine rings is 1. The molecule has 0 aliphatic heterocycles. The van der Waals surface area contributed by atoms with Crippen molar-refractivity contribution in [1.29, 1.82) is 0 Å². The van der Waals surface area contributed by atoms with E-state index in [0.717, 1.165) is 6.07 Å². The highest BCUT2D eigenvalue weighted by Crippen LogP contribution is 2.34. The van der Waals surface area contributed by atoms with Crippen LogP contribution in [0.15, 0.2) is 55.0 Å². The number of nitrogens with one attached hydrogen (secondary N) is 1. The van der Waals surface area contributed by atoms with Gasteiger partial charge in [-0.05, 0) is 24.3 Å². The van der Waals surface area contributed by atoms with Gasteiger partial charge in [0.25, 0.3) is 5.91 Å². The van der Waals surface area contributed by atoms with Gasteiger partial charge in [-0.25, -0.2) is 4.98 Å². The molecular weight excluding hydrogens is 295 g/mol. The first kappa shape index (κ1) is 14.1. The fourth-order valence-electron chi connectivity index (χ4n) is 2.15. The minimum absolute atomic E-state index is 0.199. The van der Waals surface area contributed by atoms with E-state index in [9.17, 15) is 18.0 Å². The summed E-state index contributed by atoms with van der Waals surface area (Å²) in [6.07, 6.45) is 0.317. The molecule has 22 heavy (non-hydrogen) atoms. The maximum atomic E-state index is 12.9. The summed E-state index contributed by atoms with van der Waals surface area (Å²) >= 11 is 0. The van der Waals surface area contributed by atoms with Gasteiger partial charge >= 0.3 is 6.18 Å². The Labute approximate surface area is 123 Å². The lowest BCUT2D eigenvalue weighted by Crippen LogP contribution is -2.17. The van der Waals surface area contributed by atoms with E-state index in [-0.39, 0.29) is 11.3 Å². The van der Waals surface area contributed by atoms with Crippen LogP contribution in [0, 0.1) is 0 Å². The molecule has 0 fully saturated rings. The molecule has 0 aliphatic carbocycles. The number of rotatable bonds is 2. The standard InChI is InChI=1S/C15H10F3N3O/c16-15(17,18)11-5-1-2-6-12(11)20-14(22)10-4-3-8-21-9-7-19-13(10)21/h1-9H,(H,20,22). The van der Waals surface area contributed by atoms with Crippen LogP contribution in [0.4, 0.5) is 18.9 Å². The number of benzene rings is 1. The van der Waals surface area contributed by atoms with E-state index in [1.54, 1.807) is 22.9 Å². The van der Waals surface area contributed by atoms with Gasteiger partial charge in [-0.1, -0.05) is 12.1 Å². The molecule has 112 valence electrons. The third kappa shape index (κ3) is 2.52. The first-order valence-electron chi connectivity index (χ1n) is 6.36. The third-order valence-corrected chi connectivity index (χ3v) is 3.14. The molecule has 7 heteroatoms. The Balaban J connectivity index is 1.97. The number of hydrogen-bond acceptors (Lipinski definition) is 2. The number of alkyl halides is 3. The summed E-state index contributed by atoms with van der Waals surface area (Å²) in [5.74, 6) is -0.645. The molecule has 2 heterocycles. The number of anilines is 1. The molecule has 0 aliphatic rings. The molecule has 1 N–H and O–H groups in total. The van der Waals surface area contributed by atoms with E-state index in [4.69, 9.17) is 0 Å². The number of para-hydroxylation sites is 1. The summed E-state index contributed by atoms with van der Waals surface area (Å²) in [7, 11) is 0. The number of amides is 1. The molecule has 0 atom stereocenters. The van der Waals surface area contributed by atoms with Crippen molar-refractivity contribution in [2.24, 2.45) is 0 Å². The monoisotopic (exact) mass is 305 g/mol. The molecule has 0 radical (unpaired) electrons. The fraction of sp³-hybridized carbons (Fsp3) is 0.0667. The largest absolute Gasteiger partial charge is 0.418 e. The van der Waals surface area contributed by atoms with Crippen LogP contribution >= 0.6 is 0 Å². The van der Waals surface area contributed by atoms with Crippen LogP contribution in [0.25, 0.3) is 5.65 Å². The van der Waals surface area contributed by atoms with E-state index >= 15 is 0 Å². The molecule has 1 aromatic carbocycles. The molecule has 1 amide bonds. The Kier molecular flexibility index (Phi) is 3.32. The van der Waals surface area contributed by atoms with Crippen molar-refractivity contribution in [1.82, 2.24) is 9.38 Å². The molecule has 4 nitrogen and oxygen atoms in total. The Morgan fingerprint density at radius 2 is 1.86 bits per heavy atom. The van der Waals surface area contributed by atoms with Crippen LogP contribution in [0.1, 0.15) is 15.9 Å². The zero-order valence-corrected chi connectivity index (χ0v) is 11.1. The first-order chi connectivity index (χ1) is 10.5. The maximum absolute atomic E-state index is 12.9. The van der Waals surface area contributed by atoms with Gasteiger partial charge in [0.05, 0.1) is 16.8 Å². The van der Waals surface area contributed by atoms with E-state index in [1.807, 2.05) is 0 Å². The summed E-state index contributed by atoms with van der Waals surface area (Å²) in [6, 6.07) is 7.97. The van der Waals surface area contributed by atoms with Gasteiger partial charge in [-0.15, -0.1) is 0 Å². The summed E-state index contributed by atoms with van der Waals surface area (Å²) < 4.78 is 40.4. The van der Waals surface area contributed by atoms with Crippen LogP contribution < -0.4 is 5.32 Å². The summed E-state index contributed by atoms with van der Waals surface area (Å²) in [6.45, 7) is 0. The highest BCUT2D eigenvalue weighted by Gasteiger charge is 2.33. The summed E-state index contributed by atoms with van der Waals surface area (Å²) in [4.78, 5) is 16.3. The molecule has 0 bridgehead atoms. The molecular formula is C15H10F3N3O. The highest BCUT2D eigenvalue weighted by molar-refractivity contribution is 6.08. The van der Waals surface area contributed by atoms with Gasteiger partial charge in [0.15, 0.2) is 0 Å². The van der Waals surface area contributed by atoms with Crippen LogP contribution in [-0.4, -0.2) is 15.3 Å². The second-order valence-electron chi connectivity index (χ2n) is 4.58. The highest BCUT2D eigenvalue weighted by atomic mass is 19.4. The van der Waals surface area contributed by atoms with Crippen LogP contribution in [0.3, 0.4) is 0 Å². The predicted molar refractivity (Wildman–Crippen MR) is 74.6 cm³/mol. The smallest absolute Gasteiger partial charge is 0.321 e. The number of carbonyl (C=O) groups is 1. The Hall–Kier alpha value is -2.83. The van der Waals surface area contributed by atoms with Gasteiger partial charge in [0, 0.05) is 18.6 Å². The van der Waals surface area contributed by atoms with Crippen molar-refractivity contribution in [3.63, 3.8) is 0 Å². The van der Waals surface area contributed by atoms with Gasteiger partial charge in [0.2, 0.25) is 0 Å². The lowest BCUT2D eigenvalue weighted by Gasteiger charge is -2.13. The van der Waals surface area contributed by atoms with Crippen molar-refractivity contribution < 1.29 is 18.0 Å². The minimum atomic E-state index is -4.54. The van der Waals surface area contributed by atoms with Crippen LogP contribution in [0.2, 0.25) is 0 Å². The maximum Gasteiger partial charge on any atom is 0.418 e. The van der Waals surface area contributed by atoms with Gasteiger partial charge in [-0.3, -0.25) is 4.79 Å². The number of carbonyl (C=O) groups excluding carboxylic acids is 1. The second-order valence-corrected chi connectivity index (χ2v) is 4.58. The molecule has 3 aromatic rings. The van der Waals surface area contributed by atoms with Crippen molar-refractivity contribution in [2.75, 3.05) is 5.32 Å². The number of aromatic nitrogens is 2. The van der Waals surface area contributed by atoms with E-state index in [1.165, 1.54) is 30.5 Å². The number of halogens is 3. The average Bonchev–Trinajstić information content (AvgIpc) is 2.94. The SMILES string of the molecule is O=C(Nc1ccccc1C(F)(F)F)c1cccn2ccnc12. The fourth-order valence-corrected chi connectivity index (χ4v) is 2.15. The predicted octanol–water partition coefficient (Wildman–Crippen LogP) is 3.61. The molecule has 0 saturated heterocycles. The molecule has 0 saturated carbocycles. The first-order valence-corrected chi connectivity index (χ1v) is 6.36. The minimum Gasteiger partial charge on any atom is -0.321 e. The van der Waals surface area contributed by atoms with Crippen molar-refractivity contribution in [3.8, 4) is 0 Å². The van der Waals surface area contributed by atoms with Crippen molar-refractivity contribution >= 4 is 17.2 Å². The summed E-state index contributed by atoms with van der Waals surface area (Å²) in [5.41, 5.74) is -0.596. The molecule has 3 rings (SSSR count). The van der Waals surface area contributed by atoms with Gasteiger partial charge < -0.3 is 9.72 Å². The Morgan fingerprint density at radius 3 is 2.64 bits per heavy atom. The lowest BCUT2D eigenvalue weighted by atomic mass is 10.1. The normalized spacial score (nSPS) is 11.6. The second kappa shape index (κ2) is 5.18. The quantitative estimate of drug-likeness (QED) is 0.786. The number of hydrogen-bond donors (Lipinski definition) is 1. The number of fused-ring (bicyclic) bond motifs is 1. The van der Waals surface area contributed by atoms with Crippen LogP contribution in [-0.2, 0) is 6.18 Å². The molecule has 0 unspecified atom stereocenters. The average molecular weight is 305 g/mol. The Morgan fingerprint density at radius 1 is 1.09 bits per heavy atom. The zero-order chi connectivity index (χ0) is 15.7. The van der Waals surface area contributed by atoms with Crippen molar-refractivity contribution in [3.05, 3.63) is 66.1 Å². The number of imidazole rings is 1. The molecule has 0 spiro atoms. The molecule has 2 aromatic heterocycles. The zero-order valence-electron chi connectivity index (χ0n) is 11.1. The third-order valence-electron chi connectivity index (χ3n) is 3.14. The number of nitrogens with zero attached hydrogens (tertiary/aromatic N) is 2. The lowest BCUT2D eigenvalue weighted by molar-refractivity contribution is -0.136. The van der Waals surface area contributed by atoms with Crippen molar-refractivity contribution in [2.45, 2.75) is 6.18 Å². The van der Waals surface area contributed by atoms with E-state index < -0.39 is 17.6 Å². The Bertz CT molecular complexity index is 839.